The average Bonchev–Trinajstić information content (AvgIpc) is 3.48. The lowest BCUT2D eigenvalue weighted by Gasteiger charge is -2.35. The van der Waals surface area contributed by atoms with Crippen LogP contribution in [0.15, 0.2) is 70.2 Å². The zero-order chi connectivity index (χ0) is 23.1. The van der Waals surface area contributed by atoms with Gasteiger partial charge >= 0.3 is 6.03 Å². The summed E-state index contributed by atoms with van der Waals surface area (Å²) in [7, 11) is 0. The zero-order valence-electron chi connectivity index (χ0n) is 18.3. The fourth-order valence-electron chi connectivity index (χ4n) is 3.90. The van der Waals surface area contributed by atoms with Crippen molar-refractivity contribution >= 4 is 40.2 Å². The SMILES string of the molecule is CC1=C(c2nc(-c3cccs3)no2)C(c2ccc(C)cc2)NC(=O)N1c1ccc(C)c(Cl)c1. The minimum Gasteiger partial charge on any atom is -0.334 e. The zero-order valence-corrected chi connectivity index (χ0v) is 19.9. The van der Waals surface area contributed by atoms with Crippen molar-refractivity contribution in [1.29, 1.82) is 0 Å². The van der Waals surface area contributed by atoms with Crippen molar-refractivity contribution in [3.63, 3.8) is 0 Å². The number of anilines is 1. The Labute approximate surface area is 200 Å². The van der Waals surface area contributed by atoms with Crippen molar-refractivity contribution in [2.45, 2.75) is 26.8 Å². The van der Waals surface area contributed by atoms with Gasteiger partial charge in [-0.3, -0.25) is 4.90 Å². The van der Waals surface area contributed by atoms with Gasteiger partial charge in [0.25, 0.3) is 5.89 Å². The second kappa shape index (κ2) is 8.50. The molecule has 1 aliphatic heterocycles. The number of benzene rings is 2. The van der Waals surface area contributed by atoms with Crippen molar-refractivity contribution < 1.29 is 9.32 Å². The van der Waals surface area contributed by atoms with Crippen LogP contribution in [0.2, 0.25) is 5.02 Å². The first kappa shape index (κ1) is 21.4. The highest BCUT2D eigenvalue weighted by Crippen LogP contribution is 2.40. The topological polar surface area (TPSA) is 71.3 Å². The van der Waals surface area contributed by atoms with Crippen LogP contribution in [0.4, 0.5) is 10.5 Å². The third kappa shape index (κ3) is 3.94. The maximum Gasteiger partial charge on any atom is 0.326 e. The fourth-order valence-corrected chi connectivity index (χ4v) is 4.72. The van der Waals surface area contributed by atoms with Crippen LogP contribution in [0.3, 0.4) is 0 Å². The molecule has 4 aromatic rings. The van der Waals surface area contributed by atoms with Crippen LogP contribution in [0, 0.1) is 13.8 Å². The molecule has 2 aromatic heterocycles. The van der Waals surface area contributed by atoms with Crippen molar-refractivity contribution in [3.8, 4) is 10.7 Å². The van der Waals surface area contributed by atoms with Crippen LogP contribution in [-0.4, -0.2) is 16.2 Å². The van der Waals surface area contributed by atoms with Gasteiger partial charge in [0.15, 0.2) is 0 Å². The molecule has 2 aromatic carbocycles. The molecule has 0 spiro atoms. The summed E-state index contributed by atoms with van der Waals surface area (Å²) in [6, 6.07) is 16.8. The Hall–Kier alpha value is -3.42. The number of thiophene rings is 1. The number of allylic oxidation sites excluding steroid dienone is 1. The molecule has 0 aliphatic carbocycles. The minimum atomic E-state index is -0.438. The molecule has 5 rings (SSSR count). The van der Waals surface area contributed by atoms with Gasteiger partial charge in [0.05, 0.1) is 22.2 Å². The van der Waals surface area contributed by atoms with Gasteiger partial charge in [-0.25, -0.2) is 4.79 Å². The Morgan fingerprint density at radius 2 is 1.88 bits per heavy atom. The summed E-state index contributed by atoms with van der Waals surface area (Å²) in [5.74, 6) is 0.884. The number of carbonyl (C=O) groups excluding carboxylic acids is 1. The molecule has 1 atom stereocenters. The minimum absolute atomic E-state index is 0.250. The lowest BCUT2D eigenvalue weighted by Crippen LogP contribution is -2.46. The number of halogens is 1. The number of aromatic nitrogens is 2. The number of aryl methyl sites for hydroxylation is 2. The third-order valence-electron chi connectivity index (χ3n) is 5.71. The molecule has 0 bridgehead atoms. The number of nitrogens with zero attached hydrogens (tertiary/aromatic N) is 3. The standard InChI is InChI=1S/C25H21ClN4O2S/c1-14-6-9-17(10-7-14)22-21(24-28-23(29-32-24)20-5-4-12-33-20)16(3)30(25(31)27-22)18-11-8-15(2)19(26)13-18/h4-13,22H,1-3H3,(H,27,31). The summed E-state index contributed by atoms with van der Waals surface area (Å²) >= 11 is 7.91. The Morgan fingerprint density at radius 3 is 2.58 bits per heavy atom. The van der Waals surface area contributed by atoms with Gasteiger partial charge in [-0.2, -0.15) is 4.98 Å². The van der Waals surface area contributed by atoms with E-state index in [2.05, 4.69) is 15.5 Å². The molecular formula is C25H21ClN4O2S. The summed E-state index contributed by atoms with van der Waals surface area (Å²) < 4.78 is 5.72. The number of urea groups is 1. The van der Waals surface area contributed by atoms with Gasteiger partial charge in [0.1, 0.15) is 0 Å². The van der Waals surface area contributed by atoms with Gasteiger partial charge in [0.2, 0.25) is 5.82 Å². The number of carbonyl (C=O) groups is 1. The van der Waals surface area contributed by atoms with Crippen molar-refractivity contribution in [1.82, 2.24) is 15.5 Å². The van der Waals surface area contributed by atoms with Crippen LogP contribution >= 0.6 is 22.9 Å². The fraction of sp³-hybridized carbons (Fsp3) is 0.160. The molecule has 0 saturated carbocycles. The van der Waals surface area contributed by atoms with Gasteiger partial charge < -0.3 is 9.84 Å². The summed E-state index contributed by atoms with van der Waals surface area (Å²) in [6.07, 6.45) is 0. The molecule has 166 valence electrons. The molecule has 33 heavy (non-hydrogen) atoms. The first-order chi connectivity index (χ1) is 15.9. The quantitative estimate of drug-likeness (QED) is 0.352. The van der Waals surface area contributed by atoms with E-state index >= 15 is 0 Å². The number of nitrogens with one attached hydrogen (secondary N) is 1. The van der Waals surface area contributed by atoms with Crippen molar-refractivity contribution in [2.75, 3.05) is 4.90 Å². The highest BCUT2D eigenvalue weighted by atomic mass is 35.5. The molecule has 0 radical (unpaired) electrons. The van der Waals surface area contributed by atoms with Crippen LogP contribution in [0.5, 0.6) is 0 Å². The van der Waals surface area contributed by atoms with E-state index in [1.807, 2.05) is 74.7 Å². The number of hydrogen-bond acceptors (Lipinski definition) is 5. The van der Waals surface area contributed by atoms with E-state index in [-0.39, 0.29) is 6.03 Å². The number of rotatable bonds is 4. The predicted molar refractivity (Wildman–Crippen MR) is 131 cm³/mol. The average molecular weight is 477 g/mol. The number of amides is 2. The molecule has 1 N–H and O–H groups in total. The van der Waals surface area contributed by atoms with Crippen LogP contribution in [-0.2, 0) is 0 Å². The maximum atomic E-state index is 13.3. The predicted octanol–water partition coefficient (Wildman–Crippen LogP) is 6.77. The summed E-state index contributed by atoms with van der Waals surface area (Å²) in [4.78, 5) is 20.5. The van der Waals surface area contributed by atoms with E-state index in [0.717, 1.165) is 27.1 Å². The molecule has 0 fully saturated rings. The van der Waals surface area contributed by atoms with E-state index in [9.17, 15) is 4.79 Å². The Kier molecular flexibility index (Phi) is 5.52. The molecule has 1 aliphatic rings. The summed E-state index contributed by atoms with van der Waals surface area (Å²) in [5.41, 5.74) is 5.11. The van der Waals surface area contributed by atoms with Crippen molar-refractivity contribution in [2.24, 2.45) is 0 Å². The maximum absolute atomic E-state index is 13.3. The highest BCUT2D eigenvalue weighted by molar-refractivity contribution is 7.13. The smallest absolute Gasteiger partial charge is 0.326 e. The van der Waals surface area contributed by atoms with E-state index in [4.69, 9.17) is 16.1 Å². The lowest BCUT2D eigenvalue weighted by atomic mass is 9.94. The molecule has 2 amide bonds. The molecule has 8 heteroatoms. The Bertz CT molecular complexity index is 1360. The Morgan fingerprint density at radius 1 is 1.09 bits per heavy atom. The van der Waals surface area contributed by atoms with Gasteiger partial charge in [-0.15, -0.1) is 11.3 Å². The van der Waals surface area contributed by atoms with Gasteiger partial charge in [-0.1, -0.05) is 58.7 Å². The normalized spacial score (nSPS) is 16.3. The van der Waals surface area contributed by atoms with Gasteiger partial charge in [-0.05, 0) is 55.5 Å². The van der Waals surface area contributed by atoms with Crippen LogP contribution in [0.25, 0.3) is 16.3 Å². The highest BCUT2D eigenvalue weighted by Gasteiger charge is 2.36. The summed E-state index contributed by atoms with van der Waals surface area (Å²) in [6.45, 7) is 5.84. The van der Waals surface area contributed by atoms with Crippen LogP contribution in [0.1, 0.15) is 35.5 Å². The molecule has 0 saturated heterocycles. The molecule has 1 unspecified atom stereocenters. The van der Waals surface area contributed by atoms with E-state index in [0.29, 0.717) is 28.1 Å². The molecule has 3 heterocycles. The second-order valence-corrected chi connectivity index (χ2v) is 9.32. The number of hydrogen-bond donors (Lipinski definition) is 1. The van der Waals surface area contributed by atoms with E-state index < -0.39 is 6.04 Å². The third-order valence-corrected chi connectivity index (χ3v) is 6.98. The Balaban J connectivity index is 1.67. The van der Waals surface area contributed by atoms with Gasteiger partial charge in [0, 0.05) is 10.7 Å². The first-order valence-electron chi connectivity index (χ1n) is 10.4. The second-order valence-electron chi connectivity index (χ2n) is 7.96. The lowest BCUT2D eigenvalue weighted by molar-refractivity contribution is 0.244. The largest absolute Gasteiger partial charge is 0.334 e. The summed E-state index contributed by atoms with van der Waals surface area (Å²) in [5, 5.41) is 9.87. The van der Waals surface area contributed by atoms with E-state index in [1.165, 1.54) is 0 Å². The monoisotopic (exact) mass is 476 g/mol. The van der Waals surface area contributed by atoms with Crippen molar-refractivity contribution in [3.05, 3.63) is 93.3 Å². The first-order valence-corrected chi connectivity index (χ1v) is 11.7. The van der Waals surface area contributed by atoms with E-state index in [1.54, 1.807) is 22.3 Å². The molecular weight excluding hydrogens is 456 g/mol. The van der Waals surface area contributed by atoms with Crippen LogP contribution < -0.4 is 10.2 Å². The molecule has 6 nitrogen and oxygen atoms in total.